The van der Waals surface area contributed by atoms with E-state index >= 15 is 8.78 Å². The molecule has 4 fully saturated rings. The van der Waals surface area contributed by atoms with Crippen LogP contribution in [0.15, 0.2) is 23.8 Å². The molecule has 4 aliphatic carbocycles. The summed E-state index contributed by atoms with van der Waals surface area (Å²) >= 11 is 0. The molecule has 2 N–H and O–H groups in total. The van der Waals surface area contributed by atoms with Gasteiger partial charge in [0, 0.05) is 16.7 Å². The van der Waals surface area contributed by atoms with E-state index in [1.54, 1.807) is 6.92 Å². The van der Waals surface area contributed by atoms with Gasteiger partial charge in [-0.25, -0.2) is 8.78 Å². The van der Waals surface area contributed by atoms with E-state index in [0.717, 1.165) is 6.08 Å². The highest BCUT2D eigenvalue weighted by atomic mass is 19.1. The lowest BCUT2D eigenvalue weighted by Crippen LogP contribution is -2.70. The molecule has 8 heteroatoms. The number of halogens is 2. The molecule has 0 spiro atoms. The van der Waals surface area contributed by atoms with E-state index < -0.39 is 76.8 Å². The van der Waals surface area contributed by atoms with Crippen LogP contribution in [0.3, 0.4) is 0 Å². The van der Waals surface area contributed by atoms with Crippen molar-refractivity contribution in [3.63, 3.8) is 0 Å². The molecule has 0 aromatic carbocycles. The first-order valence-electron chi connectivity index (χ1n) is 11.4. The summed E-state index contributed by atoms with van der Waals surface area (Å²) in [5.74, 6) is -2.39. The Balaban J connectivity index is 1.64. The quantitative estimate of drug-likeness (QED) is 0.683. The van der Waals surface area contributed by atoms with Gasteiger partial charge in [0.15, 0.2) is 29.1 Å². The first-order chi connectivity index (χ1) is 15.0. The van der Waals surface area contributed by atoms with Crippen molar-refractivity contribution < 1.29 is 38.1 Å². The second-order valence-electron chi connectivity index (χ2n) is 10.5. The maximum absolute atomic E-state index is 17.1. The number of alkyl halides is 2. The fraction of sp³-hybridized carbons (Fsp3) is 0.750. The Labute approximate surface area is 185 Å². The maximum atomic E-state index is 17.1. The van der Waals surface area contributed by atoms with Crippen LogP contribution in [0, 0.1) is 22.7 Å². The predicted molar refractivity (Wildman–Crippen MR) is 109 cm³/mol. The first kappa shape index (κ1) is 22.3. The third-order valence-corrected chi connectivity index (χ3v) is 9.31. The molecule has 3 saturated carbocycles. The number of aliphatic hydroxyl groups is 2. The van der Waals surface area contributed by atoms with Crippen LogP contribution in [0.25, 0.3) is 0 Å². The number of hydrogen-bond donors (Lipinski definition) is 2. The summed E-state index contributed by atoms with van der Waals surface area (Å²) in [4.78, 5) is 25.0. The SMILES string of the molecule is CCC1O[C@@H]2C[C@H]3[C@@H]4C[C@H](F)C5=CC(=O)C=C[C@]5(C)[C@@]4(F)[C@@H](O)C[C@]3(C)[C@]2(C(=O)CO)O1. The van der Waals surface area contributed by atoms with Crippen molar-refractivity contribution in [1.82, 2.24) is 0 Å². The van der Waals surface area contributed by atoms with Crippen molar-refractivity contribution in [2.75, 3.05) is 6.61 Å². The molecule has 1 unspecified atom stereocenters. The van der Waals surface area contributed by atoms with Crippen LogP contribution in [0.5, 0.6) is 0 Å². The van der Waals surface area contributed by atoms with Gasteiger partial charge in [-0.1, -0.05) is 19.9 Å². The normalized spacial score (nSPS) is 53.8. The van der Waals surface area contributed by atoms with Gasteiger partial charge in [0.25, 0.3) is 0 Å². The number of rotatable bonds is 3. The zero-order valence-electron chi connectivity index (χ0n) is 18.5. The van der Waals surface area contributed by atoms with Gasteiger partial charge >= 0.3 is 0 Å². The average Bonchev–Trinajstić information content (AvgIpc) is 3.24. The Morgan fingerprint density at radius 1 is 1.28 bits per heavy atom. The number of hydrogen-bond acceptors (Lipinski definition) is 6. The van der Waals surface area contributed by atoms with Crippen LogP contribution < -0.4 is 0 Å². The number of carbonyl (C=O) groups is 2. The molecular weight excluding hydrogens is 422 g/mol. The molecular formula is C24H30F2O6. The van der Waals surface area contributed by atoms with Crippen molar-refractivity contribution in [3.05, 3.63) is 23.8 Å². The molecule has 0 amide bonds. The minimum Gasteiger partial charge on any atom is -0.390 e. The molecule has 0 aromatic rings. The molecule has 32 heavy (non-hydrogen) atoms. The van der Waals surface area contributed by atoms with Gasteiger partial charge in [-0.2, -0.15) is 0 Å². The second-order valence-corrected chi connectivity index (χ2v) is 10.5. The molecule has 5 rings (SSSR count). The van der Waals surface area contributed by atoms with Crippen molar-refractivity contribution in [2.24, 2.45) is 22.7 Å². The van der Waals surface area contributed by atoms with E-state index in [2.05, 4.69) is 0 Å². The van der Waals surface area contributed by atoms with Crippen molar-refractivity contribution in [2.45, 2.75) is 82.4 Å². The zero-order chi connectivity index (χ0) is 23.3. The van der Waals surface area contributed by atoms with Gasteiger partial charge in [-0.05, 0) is 56.3 Å². The summed E-state index contributed by atoms with van der Waals surface area (Å²) in [6.45, 7) is 4.40. The lowest BCUT2D eigenvalue weighted by molar-refractivity contribution is -0.234. The highest BCUT2D eigenvalue weighted by molar-refractivity contribution is 6.01. The highest BCUT2D eigenvalue weighted by Crippen LogP contribution is 2.72. The highest BCUT2D eigenvalue weighted by Gasteiger charge is 2.79. The number of aliphatic hydroxyl groups excluding tert-OH is 2. The lowest BCUT2D eigenvalue weighted by Gasteiger charge is -2.63. The minimum atomic E-state index is -2.23. The van der Waals surface area contributed by atoms with Gasteiger partial charge < -0.3 is 19.7 Å². The van der Waals surface area contributed by atoms with E-state index in [4.69, 9.17) is 9.47 Å². The smallest absolute Gasteiger partial charge is 0.193 e. The molecule has 6 nitrogen and oxygen atoms in total. The van der Waals surface area contributed by atoms with Gasteiger partial charge in [-0.15, -0.1) is 0 Å². The van der Waals surface area contributed by atoms with Crippen molar-refractivity contribution in [1.29, 1.82) is 0 Å². The Morgan fingerprint density at radius 2 is 2.00 bits per heavy atom. The van der Waals surface area contributed by atoms with Crippen LogP contribution in [0.2, 0.25) is 0 Å². The minimum absolute atomic E-state index is 0.0595. The monoisotopic (exact) mass is 452 g/mol. The zero-order valence-corrected chi connectivity index (χ0v) is 18.5. The van der Waals surface area contributed by atoms with Gasteiger partial charge in [0.2, 0.25) is 0 Å². The number of carbonyl (C=O) groups excluding carboxylic acids is 2. The van der Waals surface area contributed by atoms with Crippen molar-refractivity contribution >= 4 is 11.6 Å². The van der Waals surface area contributed by atoms with Crippen LogP contribution in [-0.4, -0.2) is 64.3 Å². The molecule has 176 valence electrons. The summed E-state index contributed by atoms with van der Waals surface area (Å²) in [6, 6.07) is 0. The van der Waals surface area contributed by atoms with Gasteiger partial charge in [0.05, 0.1) is 12.2 Å². The number of ketones is 2. The van der Waals surface area contributed by atoms with E-state index in [1.807, 2.05) is 6.92 Å². The van der Waals surface area contributed by atoms with Crippen LogP contribution in [0.1, 0.15) is 46.5 Å². The number of allylic oxidation sites excluding steroid dienone is 4. The molecule has 10 atom stereocenters. The molecule has 1 heterocycles. The third-order valence-electron chi connectivity index (χ3n) is 9.31. The molecule has 1 saturated heterocycles. The molecule has 0 radical (unpaired) electrons. The molecule has 1 aliphatic heterocycles. The van der Waals surface area contributed by atoms with E-state index in [0.29, 0.717) is 6.42 Å². The maximum Gasteiger partial charge on any atom is 0.193 e. The van der Waals surface area contributed by atoms with Crippen LogP contribution >= 0.6 is 0 Å². The van der Waals surface area contributed by atoms with Crippen LogP contribution in [-0.2, 0) is 19.1 Å². The summed E-state index contributed by atoms with van der Waals surface area (Å²) in [6.07, 6.45) is -0.186. The Morgan fingerprint density at radius 3 is 2.66 bits per heavy atom. The van der Waals surface area contributed by atoms with E-state index in [-0.39, 0.29) is 24.8 Å². The fourth-order valence-corrected chi connectivity index (χ4v) is 7.82. The Kier molecular flexibility index (Phi) is 4.73. The Bertz CT molecular complexity index is 933. The van der Waals surface area contributed by atoms with Gasteiger partial charge in [0.1, 0.15) is 12.8 Å². The van der Waals surface area contributed by atoms with Crippen molar-refractivity contribution in [3.8, 4) is 0 Å². The van der Waals surface area contributed by atoms with E-state index in [1.165, 1.54) is 19.1 Å². The first-order valence-corrected chi connectivity index (χ1v) is 11.4. The molecule has 0 aromatic heterocycles. The van der Waals surface area contributed by atoms with Crippen LogP contribution in [0.4, 0.5) is 8.78 Å². The summed E-state index contributed by atoms with van der Waals surface area (Å²) in [5, 5.41) is 21.1. The third kappa shape index (κ3) is 2.32. The standard InChI is InChI=1S/C24H30F2O6/c1-4-20-31-19-9-13-14-8-16(25)15-7-12(28)5-6-21(15,2)23(14,26)17(29)10-22(13,3)24(19,32-20)18(30)11-27/h5-7,13-14,16-17,19-20,27,29H,4,8-11H2,1-3H3/t13-,14-,16-,17-,19+,20?,21-,22-,23-,24+/m0/s1. The molecule has 5 aliphatic rings. The number of Topliss-reactive ketones (excluding diaryl/α,β-unsaturated/α-hetero) is 1. The fourth-order valence-electron chi connectivity index (χ4n) is 7.82. The second kappa shape index (κ2) is 6.78. The summed E-state index contributed by atoms with van der Waals surface area (Å²) in [7, 11) is 0. The average molecular weight is 452 g/mol. The van der Waals surface area contributed by atoms with Gasteiger partial charge in [-0.3, -0.25) is 9.59 Å². The predicted octanol–water partition coefficient (Wildman–Crippen LogP) is 2.37. The topological polar surface area (TPSA) is 93.1 Å². The largest absolute Gasteiger partial charge is 0.390 e. The van der Waals surface area contributed by atoms with E-state index in [9.17, 15) is 19.8 Å². The number of fused-ring (bicyclic) bond motifs is 7. The lowest BCUT2D eigenvalue weighted by atomic mass is 9.44. The summed E-state index contributed by atoms with van der Waals surface area (Å²) < 4.78 is 44.7. The molecule has 0 bridgehead atoms. The summed E-state index contributed by atoms with van der Waals surface area (Å²) in [5.41, 5.74) is -6.22. The Hall–Kier alpha value is -1.48. The number of ether oxygens (including phenoxy) is 2.